The fourth-order valence-corrected chi connectivity index (χ4v) is 3.30. The zero-order chi connectivity index (χ0) is 24.5. The number of anilines is 2. The molecule has 3 aromatic carbocycles. The van der Waals surface area contributed by atoms with E-state index >= 15 is 0 Å². The van der Waals surface area contributed by atoms with Gasteiger partial charge in [0.25, 0.3) is 5.91 Å². The topological polar surface area (TPSA) is 109 Å². The van der Waals surface area contributed by atoms with Gasteiger partial charge in [-0.15, -0.1) is 0 Å². The standard InChI is InChI=1S/C24H20Cl2N4O4/c1-2-34-16-12-10-15(11-13-16)28-22(31)17-6-3-4-9-21(17)29-23(32)24(33)30-27-14-18-19(25)7-5-8-20(18)26/h3-14H,2H2,1H3,(H,28,31)(H,29,32)(H,30,33)/b27-14+. The van der Waals surface area contributed by atoms with Gasteiger partial charge in [0, 0.05) is 11.3 Å². The normalized spacial score (nSPS) is 10.6. The number of rotatable bonds is 7. The molecule has 0 saturated heterocycles. The Kier molecular flexibility index (Phi) is 8.61. The summed E-state index contributed by atoms with van der Waals surface area (Å²) in [6.07, 6.45) is 1.23. The fourth-order valence-electron chi connectivity index (χ4n) is 2.81. The van der Waals surface area contributed by atoms with Crippen molar-refractivity contribution in [1.82, 2.24) is 5.43 Å². The van der Waals surface area contributed by atoms with Crippen LogP contribution in [0.5, 0.6) is 5.75 Å². The third kappa shape index (κ3) is 6.57. The Bertz CT molecular complexity index is 1210. The van der Waals surface area contributed by atoms with Crippen LogP contribution in [0.2, 0.25) is 10.0 Å². The fraction of sp³-hybridized carbons (Fsp3) is 0.0833. The highest BCUT2D eigenvalue weighted by Crippen LogP contribution is 2.22. The molecule has 0 fully saturated rings. The van der Waals surface area contributed by atoms with Crippen LogP contribution < -0.4 is 20.8 Å². The molecule has 0 atom stereocenters. The number of benzene rings is 3. The number of nitrogens with one attached hydrogen (secondary N) is 3. The largest absolute Gasteiger partial charge is 0.494 e. The van der Waals surface area contributed by atoms with Crippen molar-refractivity contribution >= 4 is 58.5 Å². The molecule has 0 unspecified atom stereocenters. The molecule has 0 bridgehead atoms. The van der Waals surface area contributed by atoms with Crippen LogP contribution >= 0.6 is 23.2 Å². The number of carbonyl (C=O) groups excluding carboxylic acids is 3. The first-order chi connectivity index (χ1) is 16.4. The molecule has 0 aliphatic heterocycles. The van der Waals surface area contributed by atoms with Gasteiger partial charge in [0.1, 0.15) is 5.75 Å². The number of carbonyl (C=O) groups is 3. The molecule has 8 nitrogen and oxygen atoms in total. The highest BCUT2D eigenvalue weighted by Gasteiger charge is 2.18. The number of ether oxygens (including phenoxy) is 1. The van der Waals surface area contributed by atoms with Gasteiger partial charge in [0.05, 0.1) is 34.1 Å². The van der Waals surface area contributed by atoms with Crippen molar-refractivity contribution in [1.29, 1.82) is 0 Å². The second kappa shape index (κ2) is 11.8. The number of nitrogens with zero attached hydrogens (tertiary/aromatic N) is 1. The summed E-state index contributed by atoms with van der Waals surface area (Å²) in [5, 5.41) is 9.54. The Morgan fingerprint density at radius 2 is 1.56 bits per heavy atom. The second-order valence-electron chi connectivity index (χ2n) is 6.75. The van der Waals surface area contributed by atoms with E-state index in [1.165, 1.54) is 18.3 Å². The average molecular weight is 499 g/mol. The first kappa shape index (κ1) is 24.8. The molecule has 0 radical (unpaired) electrons. The summed E-state index contributed by atoms with van der Waals surface area (Å²) in [5.41, 5.74) is 3.36. The lowest BCUT2D eigenvalue weighted by atomic mass is 10.1. The molecule has 3 aromatic rings. The van der Waals surface area contributed by atoms with Crippen LogP contribution in [0.1, 0.15) is 22.8 Å². The second-order valence-corrected chi connectivity index (χ2v) is 7.56. The molecule has 3 rings (SSSR count). The van der Waals surface area contributed by atoms with Crippen molar-refractivity contribution in [3.05, 3.63) is 87.9 Å². The van der Waals surface area contributed by atoms with Crippen LogP contribution in [-0.2, 0) is 9.59 Å². The molecule has 174 valence electrons. The van der Waals surface area contributed by atoms with Gasteiger partial charge in [-0.3, -0.25) is 14.4 Å². The predicted molar refractivity (Wildman–Crippen MR) is 133 cm³/mol. The van der Waals surface area contributed by atoms with Crippen LogP contribution in [0.15, 0.2) is 71.8 Å². The van der Waals surface area contributed by atoms with Crippen LogP contribution in [0.3, 0.4) is 0 Å². The Morgan fingerprint density at radius 1 is 0.882 bits per heavy atom. The molecule has 10 heteroatoms. The molecule has 3 amide bonds. The zero-order valence-corrected chi connectivity index (χ0v) is 19.5. The minimum absolute atomic E-state index is 0.157. The van der Waals surface area contributed by atoms with E-state index in [9.17, 15) is 14.4 Å². The van der Waals surface area contributed by atoms with Crippen molar-refractivity contribution in [2.45, 2.75) is 6.92 Å². The van der Waals surface area contributed by atoms with E-state index in [1.807, 2.05) is 6.92 Å². The molecule has 0 aliphatic rings. The van der Waals surface area contributed by atoms with Gasteiger partial charge in [-0.1, -0.05) is 41.4 Å². The minimum Gasteiger partial charge on any atom is -0.494 e. The third-order valence-corrected chi connectivity index (χ3v) is 5.07. The van der Waals surface area contributed by atoms with Crippen molar-refractivity contribution in [3.63, 3.8) is 0 Å². The summed E-state index contributed by atoms with van der Waals surface area (Å²) in [4.78, 5) is 37.2. The lowest BCUT2D eigenvalue weighted by Gasteiger charge is -2.11. The van der Waals surface area contributed by atoms with Gasteiger partial charge in [-0.2, -0.15) is 5.10 Å². The van der Waals surface area contributed by atoms with Gasteiger partial charge in [-0.25, -0.2) is 5.43 Å². The first-order valence-electron chi connectivity index (χ1n) is 10.1. The summed E-state index contributed by atoms with van der Waals surface area (Å²) >= 11 is 12.1. The predicted octanol–water partition coefficient (Wildman–Crippen LogP) is 4.73. The van der Waals surface area contributed by atoms with Crippen LogP contribution in [0.25, 0.3) is 0 Å². The summed E-state index contributed by atoms with van der Waals surface area (Å²) < 4.78 is 5.38. The van der Waals surface area contributed by atoms with E-state index < -0.39 is 17.7 Å². The summed E-state index contributed by atoms with van der Waals surface area (Å²) in [6, 6.07) is 18.0. The van der Waals surface area contributed by atoms with E-state index in [4.69, 9.17) is 27.9 Å². The Balaban J connectivity index is 1.64. The van der Waals surface area contributed by atoms with Gasteiger partial charge >= 0.3 is 11.8 Å². The quantitative estimate of drug-likeness (QED) is 0.248. The highest BCUT2D eigenvalue weighted by molar-refractivity contribution is 6.40. The number of hydrogen-bond acceptors (Lipinski definition) is 5. The van der Waals surface area contributed by atoms with Crippen molar-refractivity contribution in [3.8, 4) is 5.75 Å². The van der Waals surface area contributed by atoms with E-state index in [0.717, 1.165) is 0 Å². The maximum Gasteiger partial charge on any atom is 0.329 e. The van der Waals surface area contributed by atoms with Crippen molar-refractivity contribution in [2.24, 2.45) is 5.10 Å². The van der Waals surface area contributed by atoms with E-state index in [1.54, 1.807) is 54.6 Å². The number of halogens is 2. The summed E-state index contributed by atoms with van der Waals surface area (Å²) in [5.74, 6) is -1.84. The first-order valence-corrected chi connectivity index (χ1v) is 10.9. The van der Waals surface area contributed by atoms with E-state index in [2.05, 4.69) is 21.2 Å². The summed E-state index contributed by atoms with van der Waals surface area (Å²) in [6.45, 7) is 2.41. The Labute approximate surface area is 205 Å². The molecule has 0 heterocycles. The molecule has 0 saturated carbocycles. The number of hydrazone groups is 1. The smallest absolute Gasteiger partial charge is 0.329 e. The van der Waals surface area contributed by atoms with E-state index in [-0.39, 0.29) is 11.3 Å². The highest BCUT2D eigenvalue weighted by atomic mass is 35.5. The van der Waals surface area contributed by atoms with Gasteiger partial charge < -0.3 is 15.4 Å². The molecular weight excluding hydrogens is 479 g/mol. The lowest BCUT2D eigenvalue weighted by Crippen LogP contribution is -2.33. The van der Waals surface area contributed by atoms with Gasteiger partial charge in [-0.05, 0) is 55.5 Å². The Morgan fingerprint density at radius 3 is 2.24 bits per heavy atom. The maximum absolute atomic E-state index is 12.7. The Hall–Kier alpha value is -3.88. The maximum atomic E-state index is 12.7. The monoisotopic (exact) mass is 498 g/mol. The van der Waals surface area contributed by atoms with Crippen molar-refractivity contribution in [2.75, 3.05) is 17.2 Å². The molecule has 3 N–H and O–H groups in total. The minimum atomic E-state index is -1.04. The number of amides is 3. The lowest BCUT2D eigenvalue weighted by molar-refractivity contribution is -0.136. The zero-order valence-electron chi connectivity index (χ0n) is 18.0. The van der Waals surface area contributed by atoms with Crippen LogP contribution in [0, 0.1) is 0 Å². The number of para-hydroxylation sites is 1. The average Bonchev–Trinajstić information content (AvgIpc) is 2.82. The van der Waals surface area contributed by atoms with Gasteiger partial charge in [0.15, 0.2) is 0 Å². The molecule has 34 heavy (non-hydrogen) atoms. The van der Waals surface area contributed by atoms with Crippen LogP contribution in [-0.4, -0.2) is 30.5 Å². The van der Waals surface area contributed by atoms with E-state index in [0.29, 0.717) is 33.7 Å². The molecular formula is C24H20Cl2N4O4. The summed E-state index contributed by atoms with van der Waals surface area (Å²) in [7, 11) is 0. The van der Waals surface area contributed by atoms with Crippen molar-refractivity contribution < 1.29 is 19.1 Å². The molecule has 0 aliphatic carbocycles. The molecule has 0 aromatic heterocycles. The third-order valence-electron chi connectivity index (χ3n) is 4.41. The van der Waals surface area contributed by atoms with Crippen LogP contribution in [0.4, 0.5) is 11.4 Å². The van der Waals surface area contributed by atoms with Gasteiger partial charge in [0.2, 0.25) is 0 Å². The number of hydrogen-bond donors (Lipinski definition) is 3. The molecule has 0 spiro atoms. The SMILES string of the molecule is CCOc1ccc(NC(=O)c2ccccc2NC(=O)C(=O)N/N=C/c2c(Cl)cccc2Cl)cc1.